The summed E-state index contributed by atoms with van der Waals surface area (Å²) < 4.78 is 35.0. The van der Waals surface area contributed by atoms with Crippen molar-refractivity contribution in [3.05, 3.63) is 54.0 Å². The Kier molecular flexibility index (Phi) is 6.53. The highest BCUT2D eigenvalue weighted by molar-refractivity contribution is 5.99. The van der Waals surface area contributed by atoms with Crippen LogP contribution in [0.3, 0.4) is 0 Å². The Hall–Kier alpha value is -3.66. The monoisotopic (exact) mass is 494 g/mol. The van der Waals surface area contributed by atoms with Crippen LogP contribution in [0.25, 0.3) is 11.3 Å². The second-order valence-corrected chi connectivity index (χ2v) is 9.52. The molecule has 0 atom stereocenters. The second kappa shape index (κ2) is 9.77. The van der Waals surface area contributed by atoms with Gasteiger partial charge >= 0.3 is 0 Å². The first-order chi connectivity index (χ1) is 17.3. The van der Waals surface area contributed by atoms with Crippen LogP contribution in [0.2, 0.25) is 0 Å². The fraction of sp³-hybridized carbons (Fsp3) is 0.385. The molecule has 10 heteroatoms. The Morgan fingerprint density at radius 3 is 2.56 bits per heavy atom. The topological polar surface area (TPSA) is 83.5 Å². The van der Waals surface area contributed by atoms with Gasteiger partial charge in [0, 0.05) is 23.2 Å². The zero-order chi connectivity index (χ0) is 25.4. The number of nitrogens with zero attached hydrogens (tertiary/aromatic N) is 5. The van der Waals surface area contributed by atoms with Crippen LogP contribution < -0.4 is 15.0 Å². The van der Waals surface area contributed by atoms with Crippen molar-refractivity contribution in [2.24, 2.45) is 0 Å². The zero-order valence-electron chi connectivity index (χ0n) is 20.5. The van der Waals surface area contributed by atoms with Gasteiger partial charge in [0.15, 0.2) is 24.0 Å². The molecule has 0 aliphatic carbocycles. The molecule has 0 saturated carbocycles. The van der Waals surface area contributed by atoms with Crippen LogP contribution in [0.5, 0.6) is 5.75 Å². The molecule has 1 amide bonds. The minimum absolute atomic E-state index is 0.0318. The van der Waals surface area contributed by atoms with Gasteiger partial charge in [-0.2, -0.15) is 0 Å². The summed E-state index contributed by atoms with van der Waals surface area (Å²) in [5, 5.41) is 3.05. The molecule has 5 rings (SSSR count). The van der Waals surface area contributed by atoms with Gasteiger partial charge in [-0.15, -0.1) is 0 Å². The average molecular weight is 495 g/mol. The molecule has 8 nitrogen and oxygen atoms in total. The van der Waals surface area contributed by atoms with Gasteiger partial charge < -0.3 is 19.9 Å². The number of hydrogen-bond donors (Lipinski definition) is 1. The number of halogens is 2. The molecule has 188 valence electrons. The summed E-state index contributed by atoms with van der Waals surface area (Å²) in [4.78, 5) is 29.1. The summed E-state index contributed by atoms with van der Waals surface area (Å²) >= 11 is 0. The second-order valence-electron chi connectivity index (χ2n) is 9.52. The van der Waals surface area contributed by atoms with E-state index in [-0.39, 0.29) is 47.2 Å². The molecule has 36 heavy (non-hydrogen) atoms. The molecule has 0 spiro atoms. The smallest absolute Gasteiger partial charge is 0.265 e. The fourth-order valence-electron chi connectivity index (χ4n) is 4.73. The van der Waals surface area contributed by atoms with Crippen molar-refractivity contribution in [1.82, 2.24) is 19.9 Å². The van der Waals surface area contributed by atoms with Crippen molar-refractivity contribution >= 4 is 23.2 Å². The summed E-state index contributed by atoms with van der Waals surface area (Å²) in [6.07, 6.45) is 4.89. The number of nitrogens with one attached hydrogen (secondary N) is 1. The Balaban J connectivity index is 1.41. The predicted octanol–water partition coefficient (Wildman–Crippen LogP) is 4.50. The summed E-state index contributed by atoms with van der Waals surface area (Å²) in [7, 11) is 2.12. The van der Waals surface area contributed by atoms with Crippen molar-refractivity contribution in [2.75, 3.05) is 37.0 Å². The first kappa shape index (κ1) is 24.1. The summed E-state index contributed by atoms with van der Waals surface area (Å²) in [6.45, 7) is 5.49. The van der Waals surface area contributed by atoms with E-state index in [1.165, 1.54) is 11.0 Å². The normalized spacial score (nSPS) is 16.7. The van der Waals surface area contributed by atoms with Crippen LogP contribution in [0, 0.1) is 11.6 Å². The molecule has 2 aliphatic rings. The van der Waals surface area contributed by atoms with E-state index < -0.39 is 11.6 Å². The number of piperidine rings is 1. The van der Waals surface area contributed by atoms with Gasteiger partial charge in [-0.25, -0.2) is 18.7 Å². The number of benzene rings is 1. The van der Waals surface area contributed by atoms with E-state index in [1.54, 1.807) is 6.20 Å². The number of fused-ring (bicyclic) bond motifs is 1. The molecule has 0 radical (unpaired) electrons. The maximum atomic E-state index is 14.9. The Morgan fingerprint density at radius 1 is 1.08 bits per heavy atom. The Labute approximate surface area is 208 Å². The number of carbonyl (C=O) groups excluding carboxylic acids is 1. The average Bonchev–Trinajstić information content (AvgIpc) is 2.85. The van der Waals surface area contributed by atoms with Crippen LogP contribution >= 0.6 is 0 Å². The Morgan fingerprint density at radius 2 is 1.86 bits per heavy atom. The van der Waals surface area contributed by atoms with E-state index in [0.29, 0.717) is 11.6 Å². The standard InChI is InChI=1S/C26H28F2N6O2/c1-15(2)34-22-11-17(10-19(27)25(22)36-14-23(34)35)24-20(28)13-30-26(32-24)31-18-4-5-21(29-12-18)16-6-8-33(3)9-7-16/h4-5,10-13,15-16H,6-9,14H2,1-3H3,(H,30,31,32). The number of hydrogen-bond acceptors (Lipinski definition) is 7. The van der Waals surface area contributed by atoms with Gasteiger partial charge in [0.2, 0.25) is 5.95 Å². The molecule has 0 unspecified atom stereocenters. The zero-order valence-corrected chi connectivity index (χ0v) is 20.5. The maximum absolute atomic E-state index is 14.9. The lowest BCUT2D eigenvalue weighted by Crippen LogP contribution is -2.43. The van der Waals surface area contributed by atoms with E-state index in [0.717, 1.165) is 43.9 Å². The quantitative estimate of drug-likeness (QED) is 0.559. The van der Waals surface area contributed by atoms with Gasteiger partial charge in [0.25, 0.3) is 5.91 Å². The van der Waals surface area contributed by atoms with Gasteiger partial charge in [0.1, 0.15) is 5.69 Å². The third kappa shape index (κ3) is 4.73. The molecule has 2 aliphatic heterocycles. The number of carbonyl (C=O) groups is 1. The van der Waals surface area contributed by atoms with Gasteiger partial charge in [-0.05, 0) is 71.1 Å². The number of amides is 1. The molecule has 1 aromatic carbocycles. The number of rotatable bonds is 5. The van der Waals surface area contributed by atoms with E-state index in [9.17, 15) is 13.6 Å². The molecular formula is C26H28F2N6O2. The van der Waals surface area contributed by atoms with Crippen molar-refractivity contribution in [2.45, 2.75) is 38.6 Å². The van der Waals surface area contributed by atoms with Crippen LogP contribution in [0.1, 0.15) is 38.3 Å². The van der Waals surface area contributed by atoms with Crippen LogP contribution in [-0.2, 0) is 4.79 Å². The summed E-state index contributed by atoms with van der Waals surface area (Å²) in [5.74, 6) is -1.15. The number of likely N-dealkylation sites (tertiary alicyclic amines) is 1. The van der Waals surface area contributed by atoms with Crippen molar-refractivity contribution in [3.63, 3.8) is 0 Å². The van der Waals surface area contributed by atoms with Crippen molar-refractivity contribution < 1.29 is 18.3 Å². The lowest BCUT2D eigenvalue weighted by atomic mass is 9.93. The first-order valence-electron chi connectivity index (χ1n) is 12.0. The predicted molar refractivity (Wildman–Crippen MR) is 132 cm³/mol. The molecule has 2 aromatic heterocycles. The third-order valence-electron chi connectivity index (χ3n) is 6.61. The number of pyridine rings is 1. The molecule has 0 bridgehead atoms. The van der Waals surface area contributed by atoms with Gasteiger partial charge in [0.05, 0.1) is 23.8 Å². The lowest BCUT2D eigenvalue weighted by molar-refractivity contribution is -0.121. The maximum Gasteiger partial charge on any atom is 0.265 e. The fourth-order valence-corrected chi connectivity index (χ4v) is 4.73. The number of anilines is 3. The third-order valence-corrected chi connectivity index (χ3v) is 6.61. The minimum atomic E-state index is -0.713. The summed E-state index contributed by atoms with van der Waals surface area (Å²) in [5.41, 5.74) is 2.04. The highest BCUT2D eigenvalue weighted by Crippen LogP contribution is 2.39. The molecule has 1 fully saturated rings. The van der Waals surface area contributed by atoms with E-state index >= 15 is 0 Å². The van der Waals surface area contributed by atoms with Crippen LogP contribution in [0.15, 0.2) is 36.7 Å². The van der Waals surface area contributed by atoms with Crippen LogP contribution in [-0.4, -0.2) is 58.5 Å². The van der Waals surface area contributed by atoms with Crippen molar-refractivity contribution in [1.29, 1.82) is 0 Å². The summed E-state index contributed by atoms with van der Waals surface area (Å²) in [6, 6.07) is 6.32. The van der Waals surface area contributed by atoms with Crippen LogP contribution in [0.4, 0.5) is 26.1 Å². The van der Waals surface area contributed by atoms with Gasteiger partial charge in [-0.3, -0.25) is 9.78 Å². The Bertz CT molecular complexity index is 1280. The van der Waals surface area contributed by atoms with E-state index in [2.05, 4.69) is 32.2 Å². The molecule has 4 heterocycles. The first-order valence-corrected chi connectivity index (χ1v) is 12.0. The highest BCUT2D eigenvalue weighted by Gasteiger charge is 2.31. The van der Waals surface area contributed by atoms with Crippen molar-refractivity contribution in [3.8, 4) is 17.0 Å². The largest absolute Gasteiger partial charge is 0.478 e. The molecule has 3 aromatic rings. The number of aromatic nitrogens is 3. The molecule has 1 N–H and O–H groups in total. The molecule has 1 saturated heterocycles. The highest BCUT2D eigenvalue weighted by atomic mass is 19.1. The van der Waals surface area contributed by atoms with Gasteiger partial charge in [-0.1, -0.05) is 0 Å². The molecular weight excluding hydrogens is 466 g/mol. The number of ether oxygens (including phenoxy) is 1. The SMILES string of the molecule is CC(C)N1C(=O)COc2c(F)cc(-c3nc(Nc4ccc(C5CCN(C)CC5)nc4)ncc3F)cc21. The minimum Gasteiger partial charge on any atom is -0.478 e. The van der Waals surface area contributed by atoms with E-state index in [1.807, 2.05) is 26.0 Å². The lowest BCUT2D eigenvalue weighted by Gasteiger charge is -2.33. The van der Waals surface area contributed by atoms with E-state index in [4.69, 9.17) is 4.74 Å².